The van der Waals surface area contributed by atoms with Gasteiger partial charge in [-0.2, -0.15) is 5.26 Å². The van der Waals surface area contributed by atoms with Crippen LogP contribution in [0.4, 0.5) is 5.95 Å². The number of rotatable bonds is 3. The first-order valence-electron chi connectivity index (χ1n) is 6.18. The molecule has 7 heteroatoms. The SMILES string of the molecule is Cn1cnnc1CCn1c(N)nc2c(C#N)cccc21. The highest BCUT2D eigenvalue weighted by molar-refractivity contribution is 5.83. The van der Waals surface area contributed by atoms with Gasteiger partial charge in [-0.25, -0.2) is 4.98 Å². The second kappa shape index (κ2) is 4.66. The Kier molecular flexibility index (Phi) is 2.84. The Morgan fingerprint density at radius 3 is 2.95 bits per heavy atom. The molecule has 0 bridgehead atoms. The largest absolute Gasteiger partial charge is 0.369 e. The van der Waals surface area contributed by atoms with Crippen molar-refractivity contribution in [1.29, 1.82) is 5.26 Å². The summed E-state index contributed by atoms with van der Waals surface area (Å²) >= 11 is 0. The lowest BCUT2D eigenvalue weighted by Gasteiger charge is -2.06. The first-order chi connectivity index (χ1) is 9.70. The van der Waals surface area contributed by atoms with Crippen molar-refractivity contribution in [3.05, 3.63) is 35.9 Å². The Labute approximate surface area is 115 Å². The summed E-state index contributed by atoms with van der Waals surface area (Å²) in [4.78, 5) is 4.28. The molecule has 0 atom stereocenters. The first kappa shape index (κ1) is 12.2. The molecule has 0 saturated heterocycles. The molecular weight excluding hydrogens is 254 g/mol. The van der Waals surface area contributed by atoms with E-state index in [0.717, 1.165) is 11.3 Å². The third-order valence-electron chi connectivity index (χ3n) is 3.29. The van der Waals surface area contributed by atoms with Gasteiger partial charge < -0.3 is 14.9 Å². The lowest BCUT2D eigenvalue weighted by atomic mass is 10.2. The molecule has 0 spiro atoms. The fraction of sp³-hybridized carbons (Fsp3) is 0.231. The number of nitriles is 1. The molecule has 0 radical (unpaired) electrons. The summed E-state index contributed by atoms with van der Waals surface area (Å²) in [6.45, 7) is 0.643. The first-order valence-corrected chi connectivity index (χ1v) is 6.18. The van der Waals surface area contributed by atoms with Gasteiger partial charge in [0.25, 0.3) is 0 Å². The van der Waals surface area contributed by atoms with Crippen LogP contribution in [0, 0.1) is 11.3 Å². The molecule has 1 aromatic carbocycles. The Morgan fingerprint density at radius 2 is 2.25 bits per heavy atom. The molecule has 3 rings (SSSR count). The zero-order chi connectivity index (χ0) is 14.1. The van der Waals surface area contributed by atoms with Crippen LogP contribution in [-0.2, 0) is 20.0 Å². The Bertz CT molecular complexity index is 806. The van der Waals surface area contributed by atoms with E-state index in [-0.39, 0.29) is 0 Å². The van der Waals surface area contributed by atoms with Gasteiger partial charge in [-0.1, -0.05) is 6.07 Å². The van der Waals surface area contributed by atoms with E-state index in [9.17, 15) is 0 Å². The molecule has 7 nitrogen and oxygen atoms in total. The standard InChI is InChI=1S/C13H13N7/c1-19-8-16-18-11(19)5-6-20-10-4-2-3-9(7-14)12(10)17-13(20)15/h2-4,8H,5-6H2,1H3,(H2,15,17). The monoisotopic (exact) mass is 267 g/mol. The molecule has 0 saturated carbocycles. The van der Waals surface area contributed by atoms with Gasteiger partial charge in [0.1, 0.15) is 23.7 Å². The van der Waals surface area contributed by atoms with E-state index in [0.29, 0.717) is 30.0 Å². The predicted octanol–water partition coefficient (Wildman–Crippen LogP) is 0.861. The fourth-order valence-electron chi connectivity index (χ4n) is 2.24. The van der Waals surface area contributed by atoms with E-state index in [1.54, 1.807) is 12.4 Å². The number of nitrogens with zero attached hydrogens (tertiary/aromatic N) is 6. The topological polar surface area (TPSA) is 98.3 Å². The highest BCUT2D eigenvalue weighted by Gasteiger charge is 2.12. The molecule has 3 aromatic rings. The van der Waals surface area contributed by atoms with Crippen molar-refractivity contribution >= 4 is 17.0 Å². The van der Waals surface area contributed by atoms with Crippen molar-refractivity contribution in [2.45, 2.75) is 13.0 Å². The lowest BCUT2D eigenvalue weighted by molar-refractivity contribution is 0.668. The van der Waals surface area contributed by atoms with Crippen LogP contribution in [-0.4, -0.2) is 24.3 Å². The smallest absolute Gasteiger partial charge is 0.201 e. The zero-order valence-electron chi connectivity index (χ0n) is 11.0. The predicted molar refractivity (Wildman–Crippen MR) is 73.6 cm³/mol. The Balaban J connectivity index is 1.98. The molecule has 2 N–H and O–H groups in total. The molecule has 0 aliphatic carbocycles. The van der Waals surface area contributed by atoms with Crippen molar-refractivity contribution in [3.63, 3.8) is 0 Å². The van der Waals surface area contributed by atoms with Crippen LogP contribution >= 0.6 is 0 Å². The minimum atomic E-state index is 0.407. The number of nitrogens with two attached hydrogens (primary N) is 1. The average Bonchev–Trinajstić information content (AvgIpc) is 2.99. The summed E-state index contributed by atoms with van der Waals surface area (Å²) in [5, 5.41) is 17.0. The van der Waals surface area contributed by atoms with E-state index >= 15 is 0 Å². The fourth-order valence-corrected chi connectivity index (χ4v) is 2.24. The van der Waals surface area contributed by atoms with E-state index < -0.39 is 0 Å². The molecule has 0 aliphatic heterocycles. The molecule has 0 unspecified atom stereocenters. The van der Waals surface area contributed by atoms with Crippen LogP contribution in [0.2, 0.25) is 0 Å². The van der Waals surface area contributed by atoms with Crippen molar-refractivity contribution in [1.82, 2.24) is 24.3 Å². The average molecular weight is 267 g/mol. The van der Waals surface area contributed by atoms with Gasteiger partial charge in [0.2, 0.25) is 5.95 Å². The van der Waals surface area contributed by atoms with Crippen LogP contribution in [0.15, 0.2) is 24.5 Å². The van der Waals surface area contributed by atoms with Gasteiger partial charge in [0.15, 0.2) is 0 Å². The van der Waals surface area contributed by atoms with Crippen LogP contribution < -0.4 is 5.73 Å². The second-order valence-corrected chi connectivity index (χ2v) is 4.51. The van der Waals surface area contributed by atoms with Crippen molar-refractivity contribution in [3.8, 4) is 6.07 Å². The summed E-state index contributed by atoms with van der Waals surface area (Å²) in [5.41, 5.74) is 8.00. The number of para-hydroxylation sites is 1. The van der Waals surface area contributed by atoms with Crippen LogP contribution in [0.5, 0.6) is 0 Å². The van der Waals surface area contributed by atoms with Crippen molar-refractivity contribution < 1.29 is 0 Å². The van der Waals surface area contributed by atoms with Crippen LogP contribution in [0.1, 0.15) is 11.4 Å². The minimum absolute atomic E-state index is 0.407. The van der Waals surface area contributed by atoms with E-state index in [2.05, 4.69) is 21.3 Å². The number of hydrogen-bond donors (Lipinski definition) is 1. The summed E-state index contributed by atoms with van der Waals surface area (Å²) in [6, 6.07) is 7.62. The number of benzene rings is 1. The maximum absolute atomic E-state index is 9.09. The third-order valence-corrected chi connectivity index (χ3v) is 3.29. The Hall–Kier alpha value is -2.88. The number of hydrogen-bond acceptors (Lipinski definition) is 5. The summed E-state index contributed by atoms with van der Waals surface area (Å²) in [6.07, 6.45) is 2.36. The molecule has 2 aromatic heterocycles. The molecule has 100 valence electrons. The van der Waals surface area contributed by atoms with Crippen LogP contribution in [0.25, 0.3) is 11.0 Å². The summed E-state index contributed by atoms with van der Waals surface area (Å²) in [5.74, 6) is 1.28. The quantitative estimate of drug-likeness (QED) is 0.759. The van der Waals surface area contributed by atoms with Gasteiger partial charge in [-0.05, 0) is 12.1 Å². The molecule has 2 heterocycles. The maximum atomic E-state index is 9.09. The highest BCUT2D eigenvalue weighted by atomic mass is 15.2. The molecule has 0 aliphatic rings. The van der Waals surface area contributed by atoms with Crippen molar-refractivity contribution in [2.24, 2.45) is 7.05 Å². The number of anilines is 1. The highest BCUT2D eigenvalue weighted by Crippen LogP contribution is 2.21. The Morgan fingerprint density at radius 1 is 1.40 bits per heavy atom. The van der Waals surface area contributed by atoms with E-state index in [4.69, 9.17) is 11.0 Å². The van der Waals surface area contributed by atoms with Gasteiger partial charge >= 0.3 is 0 Å². The number of fused-ring (bicyclic) bond motifs is 1. The second-order valence-electron chi connectivity index (χ2n) is 4.51. The summed E-state index contributed by atoms with van der Waals surface area (Å²) < 4.78 is 3.76. The third kappa shape index (κ3) is 1.87. The molecule has 0 amide bonds. The van der Waals surface area contributed by atoms with Crippen LogP contribution in [0.3, 0.4) is 0 Å². The summed E-state index contributed by atoms with van der Waals surface area (Å²) in [7, 11) is 1.90. The maximum Gasteiger partial charge on any atom is 0.201 e. The normalized spacial score (nSPS) is 10.8. The zero-order valence-corrected chi connectivity index (χ0v) is 11.0. The number of aromatic nitrogens is 5. The molecule has 20 heavy (non-hydrogen) atoms. The van der Waals surface area contributed by atoms with Gasteiger partial charge in [0, 0.05) is 20.0 Å². The van der Waals surface area contributed by atoms with E-state index in [1.165, 1.54) is 0 Å². The number of nitrogen functional groups attached to an aromatic ring is 1. The van der Waals surface area contributed by atoms with Gasteiger partial charge in [-0.15, -0.1) is 10.2 Å². The van der Waals surface area contributed by atoms with Gasteiger partial charge in [-0.3, -0.25) is 0 Å². The van der Waals surface area contributed by atoms with Crippen molar-refractivity contribution in [2.75, 3.05) is 5.73 Å². The number of aryl methyl sites for hydroxylation is 3. The lowest BCUT2D eigenvalue weighted by Crippen LogP contribution is -2.08. The van der Waals surface area contributed by atoms with E-state index in [1.807, 2.05) is 28.3 Å². The molecular formula is C13H13N7. The van der Waals surface area contributed by atoms with Gasteiger partial charge in [0.05, 0.1) is 11.1 Å². The number of imidazole rings is 1. The minimum Gasteiger partial charge on any atom is -0.369 e. The molecule has 0 fully saturated rings.